The van der Waals surface area contributed by atoms with Crippen LogP contribution in [0.25, 0.3) is 0 Å². The van der Waals surface area contributed by atoms with Gasteiger partial charge in [0.2, 0.25) is 5.91 Å². The summed E-state index contributed by atoms with van der Waals surface area (Å²) in [5.41, 5.74) is 0. The Hall–Kier alpha value is -1.06. The zero-order valence-electron chi connectivity index (χ0n) is 11.0. The Morgan fingerprint density at radius 3 is 2.33 bits per heavy atom. The summed E-state index contributed by atoms with van der Waals surface area (Å²) >= 11 is 0. The third-order valence-corrected chi connectivity index (χ3v) is 4.61. The molecule has 4 atom stereocenters. The van der Waals surface area contributed by atoms with E-state index in [1.165, 1.54) is 12.8 Å². The maximum Gasteiger partial charge on any atom is 0.307 e. The zero-order valence-corrected chi connectivity index (χ0v) is 11.0. The Morgan fingerprint density at radius 2 is 1.67 bits per heavy atom. The number of carboxylic acids is 1. The van der Waals surface area contributed by atoms with Gasteiger partial charge in [-0.3, -0.25) is 9.59 Å². The molecule has 0 aliphatic heterocycles. The molecule has 0 bridgehead atoms. The van der Waals surface area contributed by atoms with E-state index in [4.69, 9.17) is 5.11 Å². The smallest absolute Gasteiger partial charge is 0.307 e. The molecule has 2 aliphatic carbocycles. The van der Waals surface area contributed by atoms with E-state index in [9.17, 15) is 9.59 Å². The summed E-state index contributed by atoms with van der Waals surface area (Å²) in [6.07, 6.45) is 6.85. The van der Waals surface area contributed by atoms with Crippen molar-refractivity contribution < 1.29 is 14.7 Å². The quantitative estimate of drug-likeness (QED) is 0.810. The van der Waals surface area contributed by atoms with E-state index in [1.807, 2.05) is 0 Å². The second-order valence-corrected chi connectivity index (χ2v) is 5.86. The minimum absolute atomic E-state index is 0.0290. The maximum absolute atomic E-state index is 12.2. The summed E-state index contributed by atoms with van der Waals surface area (Å²) in [6.45, 7) is 2.17. The highest BCUT2D eigenvalue weighted by atomic mass is 16.4. The SMILES string of the molecule is CC1CCCCC1NC(=O)[C@@H]1CCC[C@@H]1C(=O)O. The van der Waals surface area contributed by atoms with Crippen molar-refractivity contribution in [2.24, 2.45) is 17.8 Å². The number of amides is 1. The number of hydrogen-bond donors (Lipinski definition) is 2. The second kappa shape index (κ2) is 5.72. The summed E-state index contributed by atoms with van der Waals surface area (Å²) in [5.74, 6) is -1.10. The van der Waals surface area contributed by atoms with Crippen LogP contribution in [0, 0.1) is 17.8 Å². The molecule has 0 radical (unpaired) electrons. The molecule has 4 heteroatoms. The van der Waals surface area contributed by atoms with Gasteiger partial charge in [0, 0.05) is 6.04 Å². The van der Waals surface area contributed by atoms with Gasteiger partial charge in [-0.1, -0.05) is 26.2 Å². The molecule has 2 unspecified atom stereocenters. The average molecular weight is 253 g/mol. The summed E-state index contributed by atoms with van der Waals surface area (Å²) in [6, 6.07) is 0.251. The first-order valence-electron chi connectivity index (χ1n) is 7.12. The molecular weight excluding hydrogens is 230 g/mol. The van der Waals surface area contributed by atoms with E-state index in [-0.39, 0.29) is 17.9 Å². The van der Waals surface area contributed by atoms with Crippen molar-refractivity contribution in [2.75, 3.05) is 0 Å². The van der Waals surface area contributed by atoms with Crippen molar-refractivity contribution in [1.82, 2.24) is 5.32 Å². The van der Waals surface area contributed by atoms with Crippen LogP contribution >= 0.6 is 0 Å². The molecule has 0 aromatic carbocycles. The zero-order chi connectivity index (χ0) is 13.1. The van der Waals surface area contributed by atoms with Gasteiger partial charge >= 0.3 is 5.97 Å². The number of hydrogen-bond acceptors (Lipinski definition) is 2. The third-order valence-electron chi connectivity index (χ3n) is 4.61. The normalized spacial score (nSPS) is 36.3. The van der Waals surface area contributed by atoms with Crippen molar-refractivity contribution in [2.45, 2.75) is 57.9 Å². The van der Waals surface area contributed by atoms with Gasteiger partial charge in [0.25, 0.3) is 0 Å². The lowest BCUT2D eigenvalue weighted by Crippen LogP contribution is -2.45. The van der Waals surface area contributed by atoms with Gasteiger partial charge in [-0.15, -0.1) is 0 Å². The van der Waals surface area contributed by atoms with E-state index in [1.54, 1.807) is 0 Å². The predicted octanol–water partition coefficient (Wildman–Crippen LogP) is 2.18. The monoisotopic (exact) mass is 253 g/mol. The van der Waals surface area contributed by atoms with Gasteiger partial charge in [-0.25, -0.2) is 0 Å². The van der Waals surface area contributed by atoms with E-state index in [0.29, 0.717) is 12.3 Å². The van der Waals surface area contributed by atoms with Gasteiger partial charge in [-0.2, -0.15) is 0 Å². The minimum Gasteiger partial charge on any atom is -0.481 e. The Labute approximate surface area is 108 Å². The van der Waals surface area contributed by atoms with Crippen molar-refractivity contribution in [1.29, 1.82) is 0 Å². The van der Waals surface area contributed by atoms with Crippen LogP contribution in [0.1, 0.15) is 51.9 Å². The molecule has 2 aliphatic rings. The highest BCUT2D eigenvalue weighted by Crippen LogP contribution is 2.33. The lowest BCUT2D eigenvalue weighted by molar-refractivity contribution is -0.146. The van der Waals surface area contributed by atoms with Crippen molar-refractivity contribution in [3.05, 3.63) is 0 Å². The van der Waals surface area contributed by atoms with E-state index in [0.717, 1.165) is 25.7 Å². The van der Waals surface area contributed by atoms with Crippen molar-refractivity contribution in [3.63, 3.8) is 0 Å². The molecule has 4 nitrogen and oxygen atoms in total. The molecule has 2 saturated carbocycles. The first kappa shape index (κ1) is 13.4. The predicted molar refractivity (Wildman–Crippen MR) is 68.0 cm³/mol. The molecule has 102 valence electrons. The Kier molecular flexibility index (Phi) is 4.25. The number of carboxylic acid groups (broad SMARTS) is 1. The molecule has 0 aromatic rings. The molecular formula is C14H23NO3. The molecule has 1 amide bonds. The maximum atomic E-state index is 12.2. The summed E-state index contributed by atoms with van der Waals surface area (Å²) in [5, 5.41) is 12.2. The fraction of sp³-hybridized carbons (Fsp3) is 0.857. The number of carbonyl (C=O) groups excluding carboxylic acids is 1. The van der Waals surface area contributed by atoms with Gasteiger partial charge in [0.15, 0.2) is 0 Å². The highest BCUT2D eigenvalue weighted by molar-refractivity contribution is 5.85. The van der Waals surface area contributed by atoms with Crippen molar-refractivity contribution in [3.8, 4) is 0 Å². The fourth-order valence-corrected chi connectivity index (χ4v) is 3.39. The van der Waals surface area contributed by atoms with Crippen LogP contribution in [-0.2, 0) is 9.59 Å². The summed E-state index contributed by atoms with van der Waals surface area (Å²) in [4.78, 5) is 23.3. The molecule has 18 heavy (non-hydrogen) atoms. The number of aliphatic carboxylic acids is 1. The standard InChI is InChI=1S/C14H23NO3/c1-9-5-2-3-8-12(9)15-13(16)10-6-4-7-11(10)14(17)18/h9-12H,2-8H2,1H3,(H,15,16)(H,17,18)/t9?,10-,11+,12?/m1/s1. The molecule has 2 fully saturated rings. The van der Waals surface area contributed by atoms with Crippen LogP contribution in [0.2, 0.25) is 0 Å². The van der Waals surface area contributed by atoms with Crippen LogP contribution in [0.15, 0.2) is 0 Å². The minimum atomic E-state index is -0.815. The van der Waals surface area contributed by atoms with Crippen molar-refractivity contribution >= 4 is 11.9 Å². The van der Waals surface area contributed by atoms with E-state index >= 15 is 0 Å². The third kappa shape index (κ3) is 2.85. The van der Waals surface area contributed by atoms with Gasteiger partial charge in [-0.05, 0) is 31.6 Å². The molecule has 0 saturated heterocycles. The lowest BCUT2D eigenvalue weighted by atomic mass is 9.85. The molecule has 0 aromatic heterocycles. The van der Waals surface area contributed by atoms with Crippen LogP contribution in [-0.4, -0.2) is 23.0 Å². The van der Waals surface area contributed by atoms with Crippen LogP contribution in [0.5, 0.6) is 0 Å². The molecule has 2 N–H and O–H groups in total. The Morgan fingerprint density at radius 1 is 1.00 bits per heavy atom. The fourth-order valence-electron chi connectivity index (χ4n) is 3.39. The molecule has 2 rings (SSSR count). The number of rotatable bonds is 3. The van der Waals surface area contributed by atoms with E-state index in [2.05, 4.69) is 12.2 Å². The second-order valence-electron chi connectivity index (χ2n) is 5.86. The molecule has 0 spiro atoms. The highest BCUT2D eigenvalue weighted by Gasteiger charge is 2.38. The first-order valence-corrected chi connectivity index (χ1v) is 7.12. The van der Waals surface area contributed by atoms with Gasteiger partial charge in [0.05, 0.1) is 11.8 Å². The van der Waals surface area contributed by atoms with Crippen LogP contribution < -0.4 is 5.32 Å². The lowest BCUT2D eigenvalue weighted by Gasteiger charge is -2.31. The summed E-state index contributed by atoms with van der Waals surface area (Å²) < 4.78 is 0. The first-order chi connectivity index (χ1) is 8.59. The van der Waals surface area contributed by atoms with Crippen LogP contribution in [0.4, 0.5) is 0 Å². The topological polar surface area (TPSA) is 66.4 Å². The molecule has 0 heterocycles. The van der Waals surface area contributed by atoms with Gasteiger partial charge < -0.3 is 10.4 Å². The largest absolute Gasteiger partial charge is 0.481 e. The van der Waals surface area contributed by atoms with Crippen LogP contribution in [0.3, 0.4) is 0 Å². The average Bonchev–Trinajstić information content (AvgIpc) is 2.81. The number of nitrogens with one attached hydrogen (secondary N) is 1. The summed E-state index contributed by atoms with van der Waals surface area (Å²) in [7, 11) is 0. The Balaban J connectivity index is 1.92. The number of carbonyl (C=O) groups is 2. The Bertz CT molecular complexity index is 329. The van der Waals surface area contributed by atoms with E-state index < -0.39 is 11.9 Å². The van der Waals surface area contributed by atoms with Gasteiger partial charge in [0.1, 0.15) is 0 Å².